The van der Waals surface area contributed by atoms with Gasteiger partial charge in [-0.25, -0.2) is 0 Å². The molecule has 0 amide bonds. The molecule has 2 aromatic heterocycles. The van der Waals surface area contributed by atoms with E-state index in [-0.39, 0.29) is 22.4 Å². The summed E-state index contributed by atoms with van der Waals surface area (Å²) in [6.45, 7) is 18.1. The Labute approximate surface area is 307 Å². The van der Waals surface area contributed by atoms with Gasteiger partial charge >= 0.3 is 0 Å². The summed E-state index contributed by atoms with van der Waals surface area (Å²) in [4.78, 5) is 4.52. The summed E-state index contributed by atoms with van der Waals surface area (Å²) in [6, 6.07) is 40.3. The molecule has 7 aromatic rings. The van der Waals surface area contributed by atoms with Crippen LogP contribution in [0.5, 0.6) is 0 Å². The van der Waals surface area contributed by atoms with Crippen molar-refractivity contribution in [3.05, 3.63) is 144 Å². The molecule has 0 aliphatic carbocycles. The molecule has 255 valence electrons. The van der Waals surface area contributed by atoms with Gasteiger partial charge in [0, 0.05) is 33.6 Å². The maximum atomic E-state index is 5.24. The van der Waals surface area contributed by atoms with Crippen LogP contribution in [0.25, 0.3) is 44.6 Å². The molecule has 7 rings (SSSR count). The Hall–Kier alpha value is -4.22. The monoisotopic (exact) mass is 828 g/mol. The van der Waals surface area contributed by atoms with Gasteiger partial charge in [-0.2, -0.15) is 4.68 Å². The number of rotatable bonds is 7. The fourth-order valence-corrected chi connectivity index (χ4v) is 6.59. The number of benzene rings is 5. The Morgan fingerprint density at radius 1 is 0.531 bits per heavy atom. The van der Waals surface area contributed by atoms with Gasteiger partial charge in [0.2, 0.25) is 12.2 Å². The van der Waals surface area contributed by atoms with Crippen LogP contribution in [0.1, 0.15) is 101 Å². The Bertz CT molecular complexity index is 2050. The van der Waals surface area contributed by atoms with E-state index in [1.54, 1.807) is 0 Å². The molecule has 1 radical (unpaired) electrons. The van der Waals surface area contributed by atoms with E-state index >= 15 is 0 Å². The molecular weight excluding hydrogens is 781 g/mol. The van der Waals surface area contributed by atoms with Crippen LogP contribution in [0, 0.1) is 6.33 Å². The topological polar surface area (TPSA) is 35.8 Å². The van der Waals surface area contributed by atoms with E-state index in [2.05, 4.69) is 174 Å². The van der Waals surface area contributed by atoms with Crippen molar-refractivity contribution in [2.45, 2.75) is 79.1 Å². The first-order valence-corrected chi connectivity index (χ1v) is 17.3. The van der Waals surface area contributed by atoms with Crippen molar-refractivity contribution in [2.75, 3.05) is 0 Å². The maximum absolute atomic E-state index is 5.24. The van der Waals surface area contributed by atoms with Crippen LogP contribution in [-0.2, 0) is 22.4 Å². The van der Waals surface area contributed by atoms with E-state index in [0.717, 1.165) is 28.1 Å². The van der Waals surface area contributed by atoms with Crippen LogP contribution >= 0.6 is 0 Å². The Morgan fingerprint density at radius 3 is 1.43 bits per heavy atom. The minimum absolute atomic E-state index is 0. The molecule has 5 heteroatoms. The van der Waals surface area contributed by atoms with Crippen LogP contribution in [0.2, 0.25) is 0 Å². The summed E-state index contributed by atoms with van der Waals surface area (Å²) < 4.78 is 4.22. The normalized spacial score (nSPS) is 11.4. The van der Waals surface area contributed by atoms with Gasteiger partial charge in [0.15, 0.2) is 0 Å². The average Bonchev–Trinajstić information content (AvgIpc) is 3.70. The molecule has 0 fully saturated rings. The third-order valence-corrected chi connectivity index (χ3v) is 9.09. The number of aromatic nitrogens is 4. The molecule has 2 heterocycles. The maximum Gasteiger partial charge on any atom is 0.231 e. The van der Waals surface area contributed by atoms with Gasteiger partial charge < -0.3 is 9.55 Å². The molecule has 0 aliphatic heterocycles. The fraction of sp³-hybridized carbons (Fsp3) is 0.273. The zero-order valence-electron chi connectivity index (χ0n) is 29.9. The van der Waals surface area contributed by atoms with Gasteiger partial charge in [0.05, 0.1) is 5.69 Å². The summed E-state index contributed by atoms with van der Waals surface area (Å²) in [5.41, 5.74) is 10.8. The van der Waals surface area contributed by atoms with E-state index in [1.807, 2.05) is 16.8 Å². The van der Waals surface area contributed by atoms with E-state index < -0.39 is 0 Å². The van der Waals surface area contributed by atoms with Crippen molar-refractivity contribution in [1.29, 1.82) is 0 Å². The van der Waals surface area contributed by atoms with E-state index in [9.17, 15) is 0 Å². The van der Waals surface area contributed by atoms with Crippen LogP contribution < -0.4 is 9.55 Å². The van der Waals surface area contributed by atoms with Crippen molar-refractivity contribution < 1.29 is 26.9 Å². The van der Waals surface area contributed by atoms with Gasteiger partial charge in [0.1, 0.15) is 0 Å². The Balaban J connectivity index is 0.000000277. The summed E-state index contributed by atoms with van der Waals surface area (Å²) in [6.07, 6.45) is 3.72. The van der Waals surface area contributed by atoms with Crippen LogP contribution in [0.4, 0.5) is 0 Å². The van der Waals surface area contributed by atoms with Crippen molar-refractivity contribution >= 4 is 21.8 Å². The number of hydrogen-bond donors (Lipinski definition) is 0. The molecule has 0 N–H and O–H groups in total. The second kappa shape index (κ2) is 15.6. The Morgan fingerprint density at radius 2 is 0.959 bits per heavy atom. The third-order valence-electron chi connectivity index (χ3n) is 9.09. The molecule has 4 nitrogen and oxygen atoms in total. The molecular formula is C44H47AuN4-. The number of nitrogens with zero attached hydrogens (tertiary/aromatic N) is 4. The summed E-state index contributed by atoms with van der Waals surface area (Å²) in [5.74, 6) is 2.43. The SMILES string of the molecule is CC(C)c1cccc(C(C)C)c1-n1[c-][n+](-c2c(C(C)C)cccc2C(C)C)c(-c2ccccc2)n1.[Au].c1ccc2c(c1)[n-]c1ccccc12. The van der Waals surface area contributed by atoms with Gasteiger partial charge in [-0.1, -0.05) is 171 Å². The van der Waals surface area contributed by atoms with Crippen LogP contribution in [0.3, 0.4) is 0 Å². The summed E-state index contributed by atoms with van der Waals surface area (Å²) in [5, 5.41) is 7.73. The van der Waals surface area contributed by atoms with Crippen molar-refractivity contribution in [3.63, 3.8) is 0 Å². The second-order valence-electron chi connectivity index (χ2n) is 13.9. The second-order valence-corrected chi connectivity index (χ2v) is 13.9. The van der Waals surface area contributed by atoms with Gasteiger partial charge in [0.25, 0.3) is 0 Å². The predicted octanol–water partition coefficient (Wildman–Crippen LogP) is 11.1. The molecule has 49 heavy (non-hydrogen) atoms. The van der Waals surface area contributed by atoms with Gasteiger partial charge in [-0.15, -0.1) is 11.0 Å². The van der Waals surface area contributed by atoms with Crippen molar-refractivity contribution in [1.82, 2.24) is 14.8 Å². The van der Waals surface area contributed by atoms with Gasteiger partial charge in [-0.3, -0.25) is 0 Å². The number of hydrogen-bond acceptors (Lipinski definition) is 1. The smallest absolute Gasteiger partial charge is 0.231 e. The fourth-order valence-electron chi connectivity index (χ4n) is 6.59. The van der Waals surface area contributed by atoms with Crippen LogP contribution in [0.15, 0.2) is 115 Å². The van der Waals surface area contributed by atoms with Crippen molar-refractivity contribution in [3.8, 4) is 22.8 Å². The molecule has 0 atom stereocenters. The predicted molar refractivity (Wildman–Crippen MR) is 200 cm³/mol. The largest absolute Gasteiger partial charge is 0.657 e. The molecule has 0 saturated heterocycles. The molecule has 0 bridgehead atoms. The van der Waals surface area contributed by atoms with E-state index in [1.165, 1.54) is 38.7 Å². The first kappa shape index (κ1) is 36.1. The zero-order valence-corrected chi connectivity index (χ0v) is 32.0. The Kier molecular flexibility index (Phi) is 11.4. The van der Waals surface area contributed by atoms with Crippen molar-refractivity contribution in [2.24, 2.45) is 0 Å². The third kappa shape index (κ3) is 7.38. The number of fused-ring (bicyclic) bond motifs is 3. The zero-order chi connectivity index (χ0) is 33.9. The first-order valence-electron chi connectivity index (χ1n) is 17.3. The van der Waals surface area contributed by atoms with Gasteiger partial charge in [-0.05, 0) is 61.8 Å². The summed E-state index contributed by atoms with van der Waals surface area (Å²) in [7, 11) is 0. The molecule has 0 unspecified atom stereocenters. The van der Waals surface area contributed by atoms with Crippen LogP contribution in [-0.4, -0.2) is 9.78 Å². The standard InChI is InChI=1S/C32H39N3.C12H8N.Au/c1-21(2)26-16-12-17-27(22(3)4)30(26)34-20-35(33-32(34)25-14-10-9-11-15-25)31-28(23(5)6)18-13-19-29(31)24(7)8;1-3-7-11-9(5-1)10-6-2-4-8-12(10)13-11;/h9-19,21-24H,1-8H3;1-8H;/q;-1;. The quantitative estimate of drug-likeness (QED) is 0.0912. The minimum atomic E-state index is 0. The molecule has 0 saturated carbocycles. The first-order chi connectivity index (χ1) is 23.2. The molecule has 0 aliphatic rings. The van der Waals surface area contributed by atoms with E-state index in [0.29, 0.717) is 23.7 Å². The molecule has 5 aromatic carbocycles. The minimum Gasteiger partial charge on any atom is -0.657 e. The summed E-state index contributed by atoms with van der Waals surface area (Å²) >= 11 is 0. The number of para-hydroxylation sites is 4. The van der Waals surface area contributed by atoms with E-state index in [4.69, 9.17) is 5.10 Å². The average molecular weight is 829 g/mol. The molecule has 0 spiro atoms.